The number of nitrogens with zero attached hydrogens (tertiary/aromatic N) is 2. The van der Waals surface area contributed by atoms with Crippen molar-refractivity contribution in [2.45, 2.75) is 25.4 Å². The second kappa shape index (κ2) is 4.47. The van der Waals surface area contributed by atoms with E-state index in [1.165, 1.54) is 0 Å². The van der Waals surface area contributed by atoms with Crippen molar-refractivity contribution in [2.75, 3.05) is 33.2 Å². The molecule has 3 N–H and O–H groups in total. The molecule has 0 radical (unpaired) electrons. The predicted octanol–water partition coefficient (Wildman–Crippen LogP) is -0.576. The Kier molecular flexibility index (Phi) is 3.70. The van der Waals surface area contributed by atoms with Crippen LogP contribution in [0.25, 0.3) is 0 Å². The zero-order chi connectivity index (χ0) is 11.6. The number of likely N-dealkylation sites (N-methyl/N-ethyl adjacent to an activating group) is 1. The lowest BCUT2D eigenvalue weighted by atomic mass is 10.0. The van der Waals surface area contributed by atoms with Crippen LogP contribution in [0.5, 0.6) is 0 Å². The summed E-state index contributed by atoms with van der Waals surface area (Å²) in [5.41, 5.74) is 4.57. The third-order valence-electron chi connectivity index (χ3n) is 3.08. The molecule has 15 heavy (non-hydrogen) atoms. The molecule has 1 fully saturated rings. The van der Waals surface area contributed by atoms with E-state index in [1.54, 1.807) is 6.92 Å². The number of carboxylic acid groups (broad SMARTS) is 1. The average Bonchev–Trinajstić information content (AvgIpc) is 2.10. The quantitative estimate of drug-likeness (QED) is 0.659. The van der Waals surface area contributed by atoms with Gasteiger partial charge in [0.1, 0.15) is 5.54 Å². The number of nitrogens with two attached hydrogens (primary N) is 1. The Labute approximate surface area is 90.8 Å². The first-order valence-corrected chi connectivity index (χ1v) is 5.28. The van der Waals surface area contributed by atoms with Crippen LogP contribution in [-0.4, -0.2) is 65.7 Å². The van der Waals surface area contributed by atoms with E-state index in [-0.39, 0.29) is 0 Å². The molecule has 1 saturated heterocycles. The first kappa shape index (κ1) is 12.4. The molecule has 5 heteroatoms. The van der Waals surface area contributed by atoms with Gasteiger partial charge in [0.25, 0.3) is 0 Å². The van der Waals surface area contributed by atoms with Gasteiger partial charge in [0.2, 0.25) is 0 Å². The number of aliphatic carboxylic acids is 1. The van der Waals surface area contributed by atoms with Gasteiger partial charge in [-0.1, -0.05) is 0 Å². The van der Waals surface area contributed by atoms with Crippen molar-refractivity contribution in [3.63, 3.8) is 0 Å². The van der Waals surface area contributed by atoms with E-state index < -0.39 is 11.5 Å². The van der Waals surface area contributed by atoms with Gasteiger partial charge in [0.05, 0.1) is 0 Å². The number of carbonyl (C=O) groups is 1. The van der Waals surface area contributed by atoms with Crippen LogP contribution in [0.3, 0.4) is 0 Å². The van der Waals surface area contributed by atoms with Gasteiger partial charge in [-0.05, 0) is 20.9 Å². The zero-order valence-electron chi connectivity index (χ0n) is 9.73. The molecule has 2 unspecified atom stereocenters. The number of hydrogen-bond donors (Lipinski definition) is 2. The Morgan fingerprint density at radius 2 is 2.20 bits per heavy atom. The fourth-order valence-electron chi connectivity index (χ4n) is 1.80. The third kappa shape index (κ3) is 3.15. The van der Waals surface area contributed by atoms with E-state index in [4.69, 9.17) is 10.8 Å². The summed E-state index contributed by atoms with van der Waals surface area (Å²) in [7, 11) is 2.08. The maximum absolute atomic E-state index is 10.9. The summed E-state index contributed by atoms with van der Waals surface area (Å²) in [6.07, 6.45) is 0. The number of piperazine rings is 1. The molecular formula is C10H21N3O2. The fraction of sp³-hybridized carbons (Fsp3) is 0.900. The molecule has 0 saturated carbocycles. The monoisotopic (exact) mass is 215 g/mol. The molecule has 0 amide bonds. The number of rotatable bonds is 3. The van der Waals surface area contributed by atoms with Crippen molar-refractivity contribution in [1.29, 1.82) is 0 Å². The van der Waals surface area contributed by atoms with Crippen LogP contribution in [0.1, 0.15) is 13.8 Å². The van der Waals surface area contributed by atoms with Gasteiger partial charge in [-0.15, -0.1) is 0 Å². The van der Waals surface area contributed by atoms with Crippen molar-refractivity contribution in [3.8, 4) is 0 Å². The van der Waals surface area contributed by atoms with Crippen LogP contribution in [0, 0.1) is 0 Å². The van der Waals surface area contributed by atoms with Crippen LogP contribution < -0.4 is 5.73 Å². The largest absolute Gasteiger partial charge is 0.480 e. The summed E-state index contributed by atoms with van der Waals surface area (Å²) >= 11 is 0. The van der Waals surface area contributed by atoms with Gasteiger partial charge in [-0.2, -0.15) is 0 Å². The van der Waals surface area contributed by atoms with Gasteiger partial charge in [0, 0.05) is 32.2 Å². The molecule has 0 aromatic heterocycles. The first-order chi connectivity index (χ1) is 6.83. The second-order valence-electron chi connectivity index (χ2n) is 4.79. The average molecular weight is 215 g/mol. The lowest BCUT2D eigenvalue weighted by molar-refractivity contribution is -0.143. The van der Waals surface area contributed by atoms with Gasteiger partial charge in [-0.3, -0.25) is 9.69 Å². The SMILES string of the molecule is CC1CN(CC(C)(N)C(=O)O)CCN1C. The molecule has 1 aliphatic heterocycles. The number of carboxylic acids is 1. The van der Waals surface area contributed by atoms with Crippen LogP contribution in [0.15, 0.2) is 0 Å². The summed E-state index contributed by atoms with van der Waals surface area (Å²) < 4.78 is 0. The molecule has 0 spiro atoms. The van der Waals surface area contributed by atoms with E-state index in [2.05, 4.69) is 23.8 Å². The third-order valence-corrected chi connectivity index (χ3v) is 3.08. The Morgan fingerprint density at radius 1 is 1.60 bits per heavy atom. The highest BCUT2D eigenvalue weighted by Crippen LogP contribution is 2.10. The van der Waals surface area contributed by atoms with Gasteiger partial charge >= 0.3 is 5.97 Å². The highest BCUT2D eigenvalue weighted by Gasteiger charge is 2.32. The summed E-state index contributed by atoms with van der Waals surface area (Å²) in [6.45, 7) is 6.87. The Bertz CT molecular complexity index is 243. The smallest absolute Gasteiger partial charge is 0.324 e. The van der Waals surface area contributed by atoms with E-state index in [9.17, 15) is 4.79 Å². The van der Waals surface area contributed by atoms with Gasteiger partial charge in [0.15, 0.2) is 0 Å². The van der Waals surface area contributed by atoms with Crippen molar-refractivity contribution >= 4 is 5.97 Å². The molecule has 0 aromatic rings. The molecule has 0 bridgehead atoms. The summed E-state index contributed by atoms with van der Waals surface area (Å²) in [5.74, 6) is -0.936. The molecule has 2 atom stereocenters. The molecule has 0 aromatic carbocycles. The van der Waals surface area contributed by atoms with E-state index in [1.807, 2.05) is 0 Å². The standard InChI is InChI=1S/C10H21N3O2/c1-8-6-13(5-4-12(8)3)7-10(2,11)9(14)15/h8H,4-7,11H2,1-3H3,(H,14,15). The fourth-order valence-corrected chi connectivity index (χ4v) is 1.80. The zero-order valence-corrected chi connectivity index (χ0v) is 9.73. The molecule has 0 aliphatic carbocycles. The summed E-state index contributed by atoms with van der Waals surface area (Å²) in [5, 5.41) is 8.93. The summed E-state index contributed by atoms with van der Waals surface area (Å²) in [4.78, 5) is 15.3. The van der Waals surface area contributed by atoms with Crippen LogP contribution in [-0.2, 0) is 4.79 Å². The Morgan fingerprint density at radius 3 is 2.67 bits per heavy atom. The molecular weight excluding hydrogens is 194 g/mol. The molecule has 1 aliphatic rings. The Hall–Kier alpha value is -0.650. The molecule has 5 nitrogen and oxygen atoms in total. The molecule has 1 heterocycles. The van der Waals surface area contributed by atoms with Crippen molar-refractivity contribution in [1.82, 2.24) is 9.80 Å². The minimum absolute atomic E-state index is 0.417. The highest BCUT2D eigenvalue weighted by molar-refractivity contribution is 5.78. The van der Waals surface area contributed by atoms with E-state index in [0.29, 0.717) is 12.6 Å². The van der Waals surface area contributed by atoms with E-state index in [0.717, 1.165) is 19.6 Å². The van der Waals surface area contributed by atoms with Crippen LogP contribution in [0.2, 0.25) is 0 Å². The lowest BCUT2D eigenvalue weighted by Gasteiger charge is -2.39. The topological polar surface area (TPSA) is 69.8 Å². The molecule has 1 rings (SSSR count). The van der Waals surface area contributed by atoms with Gasteiger partial charge < -0.3 is 15.7 Å². The van der Waals surface area contributed by atoms with Gasteiger partial charge in [-0.25, -0.2) is 0 Å². The highest BCUT2D eigenvalue weighted by atomic mass is 16.4. The first-order valence-electron chi connectivity index (χ1n) is 5.28. The predicted molar refractivity (Wildman–Crippen MR) is 58.8 cm³/mol. The Balaban J connectivity index is 2.50. The normalized spacial score (nSPS) is 28.7. The van der Waals surface area contributed by atoms with Crippen molar-refractivity contribution in [2.24, 2.45) is 5.73 Å². The number of hydrogen-bond acceptors (Lipinski definition) is 4. The maximum atomic E-state index is 10.9. The van der Waals surface area contributed by atoms with Crippen LogP contribution >= 0.6 is 0 Å². The molecule has 88 valence electrons. The maximum Gasteiger partial charge on any atom is 0.324 e. The lowest BCUT2D eigenvalue weighted by Crippen LogP contribution is -2.59. The second-order valence-corrected chi connectivity index (χ2v) is 4.79. The van der Waals surface area contributed by atoms with Crippen molar-refractivity contribution in [3.05, 3.63) is 0 Å². The minimum Gasteiger partial charge on any atom is -0.480 e. The van der Waals surface area contributed by atoms with E-state index >= 15 is 0 Å². The summed E-state index contributed by atoms with van der Waals surface area (Å²) in [6, 6.07) is 0.461. The van der Waals surface area contributed by atoms with Crippen molar-refractivity contribution < 1.29 is 9.90 Å². The minimum atomic E-state index is -1.14. The van der Waals surface area contributed by atoms with Crippen LogP contribution in [0.4, 0.5) is 0 Å².